The molecule has 0 saturated carbocycles. The summed E-state index contributed by atoms with van der Waals surface area (Å²) < 4.78 is 21.6. The van der Waals surface area contributed by atoms with Gasteiger partial charge in [0.05, 0.1) is 17.9 Å². The highest BCUT2D eigenvalue weighted by Gasteiger charge is 2.45. The second-order valence-corrected chi connectivity index (χ2v) is 7.70. The molecular weight excluding hydrogens is 291 g/mol. The van der Waals surface area contributed by atoms with Crippen LogP contribution in [-0.2, 0) is 14.0 Å². The van der Waals surface area contributed by atoms with Gasteiger partial charge in [-0.25, -0.2) is 0 Å². The molecule has 0 radical (unpaired) electrons. The van der Waals surface area contributed by atoms with E-state index in [1.165, 1.54) is 0 Å². The zero-order valence-electron chi connectivity index (χ0n) is 11.7. The summed E-state index contributed by atoms with van der Waals surface area (Å²) in [6.45, 7) is 5.18. The zero-order valence-corrected chi connectivity index (χ0v) is 12.6. The summed E-state index contributed by atoms with van der Waals surface area (Å²) in [6, 6.07) is 0. The van der Waals surface area contributed by atoms with Gasteiger partial charge in [0.2, 0.25) is 0 Å². The molecule has 1 unspecified atom stereocenters. The lowest BCUT2D eigenvalue weighted by Crippen LogP contribution is -2.59. The Bertz CT molecular complexity index is 362. The highest BCUT2D eigenvalue weighted by molar-refractivity contribution is 7.51. The molecule has 0 amide bonds. The van der Waals surface area contributed by atoms with Gasteiger partial charge in [0.25, 0.3) is 0 Å². The molecule has 0 bridgehead atoms. The summed E-state index contributed by atoms with van der Waals surface area (Å²) in [5.41, 5.74) is -0.651. The van der Waals surface area contributed by atoms with E-state index in [-0.39, 0.29) is 6.42 Å². The van der Waals surface area contributed by atoms with Gasteiger partial charge in [-0.1, -0.05) is 0 Å². The van der Waals surface area contributed by atoms with E-state index in [9.17, 15) is 19.9 Å². The number of aliphatic hydroxyl groups excluding tert-OH is 3. The molecule has 1 rings (SSSR count). The molecule has 1 aliphatic rings. The summed E-state index contributed by atoms with van der Waals surface area (Å²) in [5.74, 6) is 0. The minimum atomic E-state index is -4.23. The second-order valence-electron chi connectivity index (χ2n) is 5.92. The summed E-state index contributed by atoms with van der Waals surface area (Å²) >= 11 is 0. The maximum absolute atomic E-state index is 10.9. The highest BCUT2D eigenvalue weighted by atomic mass is 31.2. The standard InChI is InChI=1S/C11H23O8P/c1-11(2,3)19-10-9(14)8(13)7(12)6(18-10)4-5-20(15,16)17/h6-10,12-14H,4-5H2,1-3H3,(H2,15,16,17)/t6-,7-,8+,9+,10?/m1/s1. The quantitative estimate of drug-likeness (QED) is 0.424. The first-order valence-corrected chi connectivity index (χ1v) is 8.12. The minimum Gasteiger partial charge on any atom is -0.388 e. The molecular formula is C11H23O8P. The Morgan fingerprint density at radius 3 is 2.10 bits per heavy atom. The summed E-state index contributed by atoms with van der Waals surface area (Å²) in [7, 11) is -4.23. The van der Waals surface area contributed by atoms with Crippen LogP contribution in [0.2, 0.25) is 0 Å². The van der Waals surface area contributed by atoms with Crippen molar-refractivity contribution in [3.05, 3.63) is 0 Å². The van der Waals surface area contributed by atoms with Crippen LogP contribution >= 0.6 is 7.60 Å². The van der Waals surface area contributed by atoms with Crippen molar-refractivity contribution in [3.8, 4) is 0 Å². The number of aliphatic hydroxyl groups is 3. The van der Waals surface area contributed by atoms with E-state index in [4.69, 9.17) is 19.3 Å². The van der Waals surface area contributed by atoms with Crippen LogP contribution in [0.15, 0.2) is 0 Å². The summed E-state index contributed by atoms with van der Waals surface area (Å²) in [6.07, 6.45) is -7.20. The van der Waals surface area contributed by atoms with Crippen LogP contribution in [0.3, 0.4) is 0 Å². The van der Waals surface area contributed by atoms with E-state index in [2.05, 4.69) is 0 Å². The van der Waals surface area contributed by atoms with Crippen LogP contribution in [0.25, 0.3) is 0 Å². The molecule has 120 valence electrons. The predicted molar refractivity (Wildman–Crippen MR) is 69.0 cm³/mol. The highest BCUT2D eigenvalue weighted by Crippen LogP contribution is 2.37. The van der Waals surface area contributed by atoms with Gasteiger partial charge in [0.1, 0.15) is 18.3 Å². The molecule has 8 nitrogen and oxygen atoms in total. The number of hydrogen-bond acceptors (Lipinski definition) is 6. The van der Waals surface area contributed by atoms with Gasteiger partial charge in [-0.2, -0.15) is 0 Å². The summed E-state index contributed by atoms with van der Waals surface area (Å²) in [4.78, 5) is 17.7. The van der Waals surface area contributed by atoms with Gasteiger partial charge >= 0.3 is 7.60 Å². The van der Waals surface area contributed by atoms with Crippen molar-refractivity contribution in [1.29, 1.82) is 0 Å². The van der Waals surface area contributed by atoms with Crippen molar-refractivity contribution in [1.82, 2.24) is 0 Å². The predicted octanol–water partition coefficient (Wildman–Crippen LogP) is -0.823. The fraction of sp³-hybridized carbons (Fsp3) is 1.00. The Morgan fingerprint density at radius 2 is 1.65 bits per heavy atom. The lowest BCUT2D eigenvalue weighted by molar-refractivity contribution is -0.317. The SMILES string of the molecule is CC(C)(C)OC1O[C@H](CCP(=O)(O)O)[C@@H](O)[C@H](O)[C@@H]1O. The number of rotatable bonds is 4. The molecule has 9 heteroatoms. The Hall–Kier alpha value is -0.0500. The minimum absolute atomic E-state index is 0.154. The molecule has 1 aliphatic heterocycles. The van der Waals surface area contributed by atoms with Crippen molar-refractivity contribution in [3.63, 3.8) is 0 Å². The Kier molecular flexibility index (Phi) is 5.74. The average molecular weight is 314 g/mol. The largest absolute Gasteiger partial charge is 0.388 e. The zero-order chi connectivity index (χ0) is 15.7. The molecule has 0 spiro atoms. The topological polar surface area (TPSA) is 137 Å². The lowest BCUT2D eigenvalue weighted by atomic mass is 9.97. The molecule has 0 aromatic heterocycles. The van der Waals surface area contributed by atoms with Crippen LogP contribution in [0.5, 0.6) is 0 Å². The molecule has 5 N–H and O–H groups in total. The third kappa shape index (κ3) is 5.38. The Balaban J connectivity index is 2.73. The van der Waals surface area contributed by atoms with Gasteiger partial charge in [-0.15, -0.1) is 0 Å². The fourth-order valence-corrected chi connectivity index (χ4v) is 2.49. The van der Waals surface area contributed by atoms with E-state index >= 15 is 0 Å². The lowest BCUT2D eigenvalue weighted by Gasteiger charge is -2.42. The fourth-order valence-electron chi connectivity index (χ4n) is 1.90. The van der Waals surface area contributed by atoms with Gasteiger partial charge < -0.3 is 34.6 Å². The summed E-state index contributed by atoms with van der Waals surface area (Å²) in [5, 5.41) is 29.3. The van der Waals surface area contributed by atoms with Gasteiger partial charge in [-0.05, 0) is 27.2 Å². The van der Waals surface area contributed by atoms with Crippen molar-refractivity contribution in [2.24, 2.45) is 0 Å². The first kappa shape index (κ1) is 18.0. The van der Waals surface area contributed by atoms with Crippen LogP contribution in [-0.4, -0.2) is 67.6 Å². The average Bonchev–Trinajstić information content (AvgIpc) is 2.25. The van der Waals surface area contributed by atoms with Crippen LogP contribution < -0.4 is 0 Å². The first-order chi connectivity index (χ1) is 8.91. The van der Waals surface area contributed by atoms with Crippen molar-refractivity contribution < 1.29 is 39.1 Å². The Morgan fingerprint density at radius 1 is 1.10 bits per heavy atom. The molecule has 0 aromatic carbocycles. The normalized spacial score (nSPS) is 36.1. The molecule has 5 atom stereocenters. The molecule has 1 fully saturated rings. The maximum atomic E-state index is 10.9. The van der Waals surface area contributed by atoms with Crippen molar-refractivity contribution in [2.45, 2.75) is 63.5 Å². The molecule has 0 aromatic rings. The molecule has 1 saturated heterocycles. The van der Waals surface area contributed by atoms with Gasteiger partial charge in [-0.3, -0.25) is 4.57 Å². The van der Waals surface area contributed by atoms with Crippen LogP contribution in [0.4, 0.5) is 0 Å². The smallest absolute Gasteiger partial charge is 0.325 e. The third-order valence-corrected chi connectivity index (χ3v) is 3.68. The van der Waals surface area contributed by atoms with Gasteiger partial charge in [0.15, 0.2) is 6.29 Å². The number of hydrogen-bond donors (Lipinski definition) is 5. The van der Waals surface area contributed by atoms with E-state index < -0.39 is 50.1 Å². The van der Waals surface area contributed by atoms with E-state index in [1.807, 2.05) is 0 Å². The van der Waals surface area contributed by atoms with E-state index in [1.54, 1.807) is 20.8 Å². The number of ether oxygens (including phenoxy) is 2. The van der Waals surface area contributed by atoms with E-state index in [0.29, 0.717) is 0 Å². The molecule has 20 heavy (non-hydrogen) atoms. The van der Waals surface area contributed by atoms with Crippen LogP contribution in [0.1, 0.15) is 27.2 Å². The molecule has 0 aliphatic carbocycles. The molecule has 1 heterocycles. The second kappa shape index (κ2) is 6.37. The van der Waals surface area contributed by atoms with Crippen LogP contribution in [0, 0.1) is 0 Å². The van der Waals surface area contributed by atoms with E-state index in [0.717, 1.165) is 0 Å². The Labute approximate surface area is 117 Å². The first-order valence-electron chi connectivity index (χ1n) is 6.33. The maximum Gasteiger partial charge on any atom is 0.325 e. The monoisotopic (exact) mass is 314 g/mol. The van der Waals surface area contributed by atoms with Crippen molar-refractivity contribution in [2.75, 3.05) is 6.16 Å². The van der Waals surface area contributed by atoms with Crippen molar-refractivity contribution >= 4 is 7.60 Å². The third-order valence-electron chi connectivity index (χ3n) is 2.84. The van der Waals surface area contributed by atoms with Gasteiger partial charge in [0, 0.05) is 0 Å².